The largest absolute Gasteiger partial charge is 0.461 e. The summed E-state index contributed by atoms with van der Waals surface area (Å²) in [5, 5.41) is 9.34. The van der Waals surface area contributed by atoms with Crippen LogP contribution in [-0.4, -0.2) is 81.1 Å². The van der Waals surface area contributed by atoms with Gasteiger partial charge >= 0.3 is 5.97 Å². The van der Waals surface area contributed by atoms with Crippen LogP contribution in [0.25, 0.3) is 0 Å². The van der Waals surface area contributed by atoms with Crippen LogP contribution in [0.5, 0.6) is 0 Å². The maximum absolute atomic E-state index is 13.7. The lowest BCUT2D eigenvalue weighted by atomic mass is 9.71. The van der Waals surface area contributed by atoms with E-state index in [1.54, 1.807) is 27.6 Å². The zero-order chi connectivity index (χ0) is 22.1. The number of aliphatic hydroxyl groups excluding tert-OH is 1. The highest BCUT2D eigenvalue weighted by atomic mass is 32.2. The van der Waals surface area contributed by atoms with Crippen molar-refractivity contribution in [1.29, 1.82) is 0 Å². The van der Waals surface area contributed by atoms with Gasteiger partial charge in [0.2, 0.25) is 11.8 Å². The van der Waals surface area contributed by atoms with E-state index < -0.39 is 22.6 Å². The molecule has 2 amide bonds. The summed E-state index contributed by atoms with van der Waals surface area (Å²) in [6, 6.07) is -0.686. The average molecular weight is 437 g/mol. The van der Waals surface area contributed by atoms with Crippen LogP contribution in [0.3, 0.4) is 0 Å². The number of amides is 2. The first-order valence-corrected chi connectivity index (χ1v) is 11.5. The fourth-order valence-electron chi connectivity index (χ4n) is 5.27. The van der Waals surface area contributed by atoms with Crippen molar-refractivity contribution in [1.82, 2.24) is 9.80 Å². The average Bonchev–Trinajstić information content (AvgIpc) is 3.35. The maximum atomic E-state index is 13.7. The van der Waals surface area contributed by atoms with E-state index in [0.29, 0.717) is 19.5 Å². The van der Waals surface area contributed by atoms with E-state index in [9.17, 15) is 19.5 Å². The highest BCUT2D eigenvalue weighted by molar-refractivity contribution is 8.02. The number of rotatable bonds is 10. The molecule has 0 aromatic rings. The molecule has 0 aromatic carbocycles. The number of aliphatic hydroxyl groups is 1. The molecule has 5 atom stereocenters. The summed E-state index contributed by atoms with van der Waals surface area (Å²) >= 11 is 1.62. The Morgan fingerprint density at radius 2 is 2.13 bits per heavy atom. The highest BCUT2D eigenvalue weighted by Crippen LogP contribution is 2.66. The van der Waals surface area contributed by atoms with Crippen molar-refractivity contribution in [2.45, 2.75) is 55.2 Å². The Kier molecular flexibility index (Phi) is 6.97. The van der Waals surface area contributed by atoms with Crippen LogP contribution >= 0.6 is 11.8 Å². The fraction of sp³-hybridized carbons (Fsp3) is 0.682. The molecule has 0 aromatic heterocycles. The van der Waals surface area contributed by atoms with Gasteiger partial charge in [0.25, 0.3) is 0 Å². The number of hydrogen-bond acceptors (Lipinski definition) is 6. The number of carbonyl (C=O) groups is 3. The van der Waals surface area contributed by atoms with Gasteiger partial charge in [-0.1, -0.05) is 18.7 Å². The van der Waals surface area contributed by atoms with E-state index in [4.69, 9.17) is 4.74 Å². The van der Waals surface area contributed by atoms with Gasteiger partial charge in [-0.15, -0.1) is 18.3 Å². The van der Waals surface area contributed by atoms with Crippen LogP contribution in [0.4, 0.5) is 0 Å². The van der Waals surface area contributed by atoms with Gasteiger partial charge in [-0.25, -0.2) is 0 Å². The summed E-state index contributed by atoms with van der Waals surface area (Å²) in [5.41, 5.74) is 0. The summed E-state index contributed by atoms with van der Waals surface area (Å²) in [6.07, 6.45) is 5.09. The summed E-state index contributed by atoms with van der Waals surface area (Å²) < 4.78 is 4.70. The van der Waals surface area contributed by atoms with Crippen molar-refractivity contribution in [3.05, 3.63) is 25.3 Å². The Hall–Kier alpha value is -1.80. The van der Waals surface area contributed by atoms with E-state index in [-0.39, 0.29) is 42.3 Å². The second-order valence-corrected chi connectivity index (χ2v) is 10.1. The SMILES string of the molecule is C=CCOC(=O)[C@@H]1[C@H]2C(=O)N(CCCO)C(C(=O)N(CC=C)C(C)C)C23CC[C@H]1S3. The molecule has 3 aliphatic rings. The van der Waals surface area contributed by atoms with Crippen molar-refractivity contribution >= 4 is 29.5 Å². The zero-order valence-corrected chi connectivity index (χ0v) is 18.6. The Morgan fingerprint density at radius 3 is 2.73 bits per heavy atom. The maximum Gasteiger partial charge on any atom is 0.311 e. The molecule has 3 aliphatic heterocycles. The number of hydrogen-bond donors (Lipinski definition) is 1. The van der Waals surface area contributed by atoms with Gasteiger partial charge < -0.3 is 19.6 Å². The molecule has 8 heteroatoms. The molecular weight excluding hydrogens is 404 g/mol. The Bertz CT molecular complexity index is 726. The van der Waals surface area contributed by atoms with Crippen molar-refractivity contribution in [3.8, 4) is 0 Å². The van der Waals surface area contributed by atoms with Crippen molar-refractivity contribution in [2.75, 3.05) is 26.3 Å². The topological polar surface area (TPSA) is 87.1 Å². The lowest BCUT2D eigenvalue weighted by molar-refractivity contribution is -0.153. The smallest absolute Gasteiger partial charge is 0.311 e. The van der Waals surface area contributed by atoms with Gasteiger partial charge in [0, 0.05) is 31.0 Å². The minimum Gasteiger partial charge on any atom is -0.461 e. The molecule has 1 N–H and O–H groups in total. The second-order valence-electron chi connectivity index (χ2n) is 8.46. The third-order valence-electron chi connectivity index (χ3n) is 6.44. The normalized spacial score (nSPS) is 31.7. The van der Waals surface area contributed by atoms with E-state index >= 15 is 0 Å². The van der Waals surface area contributed by atoms with Crippen LogP contribution in [0, 0.1) is 11.8 Å². The Labute approximate surface area is 182 Å². The monoisotopic (exact) mass is 436 g/mol. The van der Waals surface area contributed by atoms with Crippen molar-refractivity contribution in [2.24, 2.45) is 11.8 Å². The van der Waals surface area contributed by atoms with Crippen LogP contribution in [0.1, 0.15) is 33.1 Å². The number of esters is 1. The molecule has 1 spiro atoms. The molecule has 2 unspecified atom stereocenters. The highest BCUT2D eigenvalue weighted by Gasteiger charge is 2.74. The number of fused-ring (bicyclic) bond motifs is 1. The third-order valence-corrected chi connectivity index (χ3v) is 8.39. The first-order chi connectivity index (χ1) is 14.3. The molecule has 0 aliphatic carbocycles. The molecule has 2 bridgehead atoms. The number of likely N-dealkylation sites (tertiary alicyclic amines) is 1. The van der Waals surface area contributed by atoms with Gasteiger partial charge in [-0.3, -0.25) is 14.4 Å². The molecule has 3 heterocycles. The van der Waals surface area contributed by atoms with E-state index in [0.717, 1.165) is 12.8 Å². The van der Waals surface area contributed by atoms with E-state index in [1.807, 2.05) is 13.8 Å². The lowest BCUT2D eigenvalue weighted by Crippen LogP contribution is -2.56. The van der Waals surface area contributed by atoms with Gasteiger partial charge in [0.05, 0.1) is 16.6 Å². The molecule has 3 rings (SSSR count). The first kappa shape index (κ1) is 22.9. The van der Waals surface area contributed by atoms with Gasteiger partial charge in [0.1, 0.15) is 12.6 Å². The fourth-order valence-corrected chi connectivity index (χ4v) is 7.47. The Morgan fingerprint density at radius 1 is 1.40 bits per heavy atom. The predicted octanol–water partition coefficient (Wildman–Crippen LogP) is 1.61. The molecule has 30 heavy (non-hydrogen) atoms. The first-order valence-electron chi connectivity index (χ1n) is 10.6. The van der Waals surface area contributed by atoms with Crippen LogP contribution in [-0.2, 0) is 19.1 Å². The number of thioether (sulfide) groups is 1. The molecule has 166 valence electrons. The lowest BCUT2D eigenvalue weighted by Gasteiger charge is -2.38. The number of nitrogens with zero attached hydrogens (tertiary/aromatic N) is 2. The minimum atomic E-state index is -0.642. The molecule has 0 saturated carbocycles. The molecule has 0 radical (unpaired) electrons. The zero-order valence-electron chi connectivity index (χ0n) is 17.8. The van der Waals surface area contributed by atoms with Crippen molar-refractivity contribution < 1.29 is 24.2 Å². The van der Waals surface area contributed by atoms with E-state index in [1.165, 1.54) is 6.08 Å². The molecule has 3 fully saturated rings. The van der Waals surface area contributed by atoms with Crippen LogP contribution in [0.15, 0.2) is 25.3 Å². The molecule has 7 nitrogen and oxygen atoms in total. The number of ether oxygens (including phenoxy) is 1. The number of carbonyl (C=O) groups excluding carboxylic acids is 3. The van der Waals surface area contributed by atoms with Crippen LogP contribution < -0.4 is 0 Å². The Balaban J connectivity index is 1.99. The predicted molar refractivity (Wildman–Crippen MR) is 116 cm³/mol. The van der Waals surface area contributed by atoms with Gasteiger partial charge in [0.15, 0.2) is 0 Å². The quantitative estimate of drug-likeness (QED) is 0.414. The summed E-state index contributed by atoms with van der Waals surface area (Å²) in [7, 11) is 0. The standard InChI is InChI=1S/C22H32N2O5S/c1-5-10-23(14(3)4)20(27)18-22-9-8-15(30-22)16(21(28)29-13-6-2)17(22)19(26)24(18)11-7-12-25/h5-6,14-18,25H,1-2,7-13H2,3-4H3/t15-,16+,17+,18?,22?/m1/s1. The van der Waals surface area contributed by atoms with Crippen molar-refractivity contribution in [3.63, 3.8) is 0 Å². The summed E-state index contributed by atoms with van der Waals surface area (Å²) in [5.74, 6) is -1.76. The van der Waals surface area contributed by atoms with E-state index in [2.05, 4.69) is 13.2 Å². The van der Waals surface area contributed by atoms with Gasteiger partial charge in [-0.05, 0) is 33.1 Å². The minimum absolute atomic E-state index is 0.0153. The van der Waals surface area contributed by atoms with Crippen LogP contribution in [0.2, 0.25) is 0 Å². The second kappa shape index (κ2) is 9.14. The molecule has 3 saturated heterocycles. The summed E-state index contributed by atoms with van der Waals surface area (Å²) in [4.78, 5) is 43.5. The molecular formula is C22H32N2O5S. The van der Waals surface area contributed by atoms with Gasteiger partial charge in [-0.2, -0.15) is 0 Å². The summed E-state index contributed by atoms with van der Waals surface area (Å²) in [6.45, 7) is 12.0. The third kappa shape index (κ3) is 3.58.